The van der Waals surface area contributed by atoms with Crippen LogP contribution in [0.3, 0.4) is 0 Å². The van der Waals surface area contributed by atoms with E-state index in [9.17, 15) is 4.79 Å². The van der Waals surface area contributed by atoms with E-state index in [-0.39, 0.29) is 0 Å². The molecule has 18 heavy (non-hydrogen) atoms. The van der Waals surface area contributed by atoms with Crippen molar-refractivity contribution >= 4 is 23.4 Å². The van der Waals surface area contributed by atoms with Gasteiger partial charge >= 0.3 is 5.97 Å². The minimum absolute atomic E-state index is 0.342. The first-order valence-electron chi connectivity index (χ1n) is 6.02. The molecular weight excluding hydrogens is 248 g/mol. The number of carbonyl (C=O) groups excluding carboxylic acids is 1. The Kier molecular flexibility index (Phi) is 4.11. The number of esters is 1. The molecule has 98 valence electrons. The second-order valence-corrected chi connectivity index (χ2v) is 5.79. The van der Waals surface area contributed by atoms with Crippen LogP contribution in [0.5, 0.6) is 0 Å². The van der Waals surface area contributed by atoms with Gasteiger partial charge in [0.2, 0.25) is 0 Å². The van der Waals surface area contributed by atoms with Crippen molar-refractivity contribution in [3.8, 4) is 0 Å². The van der Waals surface area contributed by atoms with Crippen molar-refractivity contribution in [2.24, 2.45) is 0 Å². The monoisotopic (exact) mass is 266 g/mol. The first-order valence-corrected chi connectivity index (χ1v) is 7.25. The molecule has 0 spiro atoms. The average Bonchev–Trinajstić information content (AvgIpc) is 2.37. The van der Waals surface area contributed by atoms with Crippen LogP contribution in [-0.4, -0.2) is 35.6 Å². The second-order valence-electron chi connectivity index (χ2n) is 4.52. The zero-order valence-corrected chi connectivity index (χ0v) is 11.5. The maximum Gasteiger partial charge on any atom is 0.356 e. The summed E-state index contributed by atoms with van der Waals surface area (Å²) in [7, 11) is 1.36. The maximum absolute atomic E-state index is 11.4. The zero-order chi connectivity index (χ0) is 13.0. The Labute approximate surface area is 112 Å². The van der Waals surface area contributed by atoms with E-state index in [1.54, 1.807) is 12.3 Å². The molecule has 1 N–H and O–H groups in total. The lowest BCUT2D eigenvalue weighted by molar-refractivity contribution is 0.0594. The number of anilines is 1. The summed E-state index contributed by atoms with van der Waals surface area (Å²) in [5, 5.41) is 3.39. The van der Waals surface area contributed by atoms with Crippen molar-refractivity contribution in [2.45, 2.75) is 24.0 Å². The third-order valence-electron chi connectivity index (χ3n) is 3.47. The summed E-state index contributed by atoms with van der Waals surface area (Å²) in [6, 6.07) is 3.61. The van der Waals surface area contributed by atoms with Gasteiger partial charge in [-0.1, -0.05) is 6.42 Å². The number of nitrogens with zero attached hydrogens (tertiary/aromatic N) is 1. The van der Waals surface area contributed by atoms with Gasteiger partial charge in [-0.2, -0.15) is 11.8 Å². The fourth-order valence-corrected chi connectivity index (χ4v) is 2.96. The van der Waals surface area contributed by atoms with Crippen LogP contribution in [0.25, 0.3) is 0 Å². The first kappa shape index (κ1) is 13.2. The molecule has 4 nitrogen and oxygen atoms in total. The topological polar surface area (TPSA) is 51.2 Å². The lowest BCUT2D eigenvalue weighted by Gasteiger charge is -2.40. The van der Waals surface area contributed by atoms with Crippen molar-refractivity contribution in [3.63, 3.8) is 0 Å². The van der Waals surface area contributed by atoms with Crippen LogP contribution in [0, 0.1) is 0 Å². The molecule has 0 bridgehead atoms. The Morgan fingerprint density at radius 2 is 2.39 bits per heavy atom. The third-order valence-corrected chi connectivity index (χ3v) is 4.89. The third kappa shape index (κ3) is 2.77. The summed E-state index contributed by atoms with van der Waals surface area (Å²) in [5.74, 6) is -0.401. The first-order chi connectivity index (χ1) is 8.69. The number of ether oxygens (including phenoxy) is 1. The second kappa shape index (κ2) is 5.61. The molecule has 1 aromatic heterocycles. The molecule has 0 saturated heterocycles. The molecule has 1 aromatic rings. The molecule has 0 unspecified atom stereocenters. The molecule has 1 heterocycles. The van der Waals surface area contributed by atoms with Gasteiger partial charge in [0.05, 0.1) is 7.11 Å². The molecule has 1 aliphatic rings. The van der Waals surface area contributed by atoms with E-state index in [0.29, 0.717) is 10.4 Å². The smallest absolute Gasteiger partial charge is 0.356 e. The Morgan fingerprint density at radius 1 is 1.61 bits per heavy atom. The lowest BCUT2D eigenvalue weighted by atomic mass is 9.84. The highest BCUT2D eigenvalue weighted by molar-refractivity contribution is 8.00. The van der Waals surface area contributed by atoms with E-state index in [4.69, 9.17) is 0 Å². The molecule has 1 fully saturated rings. The van der Waals surface area contributed by atoms with Crippen LogP contribution < -0.4 is 5.32 Å². The van der Waals surface area contributed by atoms with Crippen LogP contribution in [0.1, 0.15) is 29.8 Å². The Morgan fingerprint density at radius 3 is 2.94 bits per heavy atom. The van der Waals surface area contributed by atoms with Crippen LogP contribution in [-0.2, 0) is 4.74 Å². The predicted molar refractivity (Wildman–Crippen MR) is 74.2 cm³/mol. The molecular formula is C13H18N2O2S. The van der Waals surface area contributed by atoms with Crippen molar-refractivity contribution in [1.29, 1.82) is 0 Å². The number of pyridine rings is 1. The van der Waals surface area contributed by atoms with Gasteiger partial charge in [0.25, 0.3) is 0 Å². The normalized spacial score (nSPS) is 16.8. The highest BCUT2D eigenvalue weighted by Crippen LogP contribution is 2.42. The summed E-state index contributed by atoms with van der Waals surface area (Å²) in [6.07, 6.45) is 7.62. The van der Waals surface area contributed by atoms with Crippen molar-refractivity contribution in [3.05, 3.63) is 24.0 Å². The number of carbonyl (C=O) groups is 1. The summed E-state index contributed by atoms with van der Waals surface area (Å²) in [5.41, 5.74) is 1.26. The number of hydrogen-bond acceptors (Lipinski definition) is 5. The Balaban J connectivity index is 1.99. The number of rotatable bonds is 5. The van der Waals surface area contributed by atoms with Gasteiger partial charge in [-0.15, -0.1) is 0 Å². The fourth-order valence-electron chi connectivity index (χ4n) is 2.04. The molecule has 1 aliphatic carbocycles. The van der Waals surface area contributed by atoms with E-state index in [1.807, 2.05) is 17.8 Å². The molecule has 0 aliphatic heterocycles. The predicted octanol–water partition coefficient (Wildman–Crippen LogP) is 2.57. The summed E-state index contributed by atoms with van der Waals surface area (Å²) in [4.78, 5) is 15.4. The average molecular weight is 266 g/mol. The number of methoxy groups -OCH3 is 1. The van der Waals surface area contributed by atoms with Gasteiger partial charge in [-0.05, 0) is 31.2 Å². The maximum atomic E-state index is 11.4. The van der Waals surface area contributed by atoms with Gasteiger partial charge in [0.15, 0.2) is 0 Å². The molecule has 5 heteroatoms. The van der Waals surface area contributed by atoms with Gasteiger partial charge in [0, 0.05) is 23.2 Å². The van der Waals surface area contributed by atoms with Crippen LogP contribution in [0.15, 0.2) is 18.3 Å². The number of nitrogens with one attached hydrogen (secondary N) is 1. The summed E-state index contributed by atoms with van der Waals surface area (Å²) < 4.78 is 5.03. The van der Waals surface area contributed by atoms with Gasteiger partial charge < -0.3 is 10.1 Å². The van der Waals surface area contributed by atoms with Crippen molar-refractivity contribution < 1.29 is 9.53 Å². The van der Waals surface area contributed by atoms with Crippen LogP contribution in [0.4, 0.5) is 5.69 Å². The van der Waals surface area contributed by atoms with E-state index >= 15 is 0 Å². The molecule has 0 amide bonds. The van der Waals surface area contributed by atoms with Gasteiger partial charge in [-0.25, -0.2) is 9.78 Å². The molecule has 1 saturated carbocycles. The number of hydrogen-bond donors (Lipinski definition) is 1. The lowest BCUT2D eigenvalue weighted by Crippen LogP contribution is -2.40. The molecule has 0 atom stereocenters. The van der Waals surface area contributed by atoms with E-state index in [1.165, 1.54) is 26.4 Å². The van der Waals surface area contributed by atoms with E-state index in [0.717, 1.165) is 12.2 Å². The van der Waals surface area contributed by atoms with Crippen molar-refractivity contribution in [1.82, 2.24) is 4.98 Å². The minimum atomic E-state index is -0.401. The Hall–Kier alpha value is -1.23. The summed E-state index contributed by atoms with van der Waals surface area (Å²) in [6.45, 7) is 0.929. The van der Waals surface area contributed by atoms with E-state index in [2.05, 4.69) is 21.3 Å². The fraction of sp³-hybridized carbons (Fsp3) is 0.538. The standard InChI is InChI=1S/C13H18N2O2S/c1-17-12(16)11-8-10(4-7-14-11)15-9-13(18-2)5-3-6-13/h4,7-8H,3,5-6,9H2,1-2H3,(H,14,15). The quantitative estimate of drug-likeness (QED) is 0.830. The molecule has 0 radical (unpaired) electrons. The highest BCUT2D eigenvalue weighted by Gasteiger charge is 2.35. The largest absolute Gasteiger partial charge is 0.464 e. The van der Waals surface area contributed by atoms with Gasteiger partial charge in [0.1, 0.15) is 5.69 Å². The number of thioether (sulfide) groups is 1. The molecule has 0 aromatic carbocycles. The number of aromatic nitrogens is 1. The van der Waals surface area contributed by atoms with E-state index < -0.39 is 5.97 Å². The van der Waals surface area contributed by atoms with Crippen LogP contribution >= 0.6 is 11.8 Å². The Bertz CT molecular complexity index is 427. The minimum Gasteiger partial charge on any atom is -0.464 e. The highest BCUT2D eigenvalue weighted by atomic mass is 32.2. The SMILES string of the molecule is COC(=O)c1cc(NCC2(SC)CCC2)ccn1. The van der Waals surface area contributed by atoms with Crippen LogP contribution in [0.2, 0.25) is 0 Å². The molecule has 2 rings (SSSR count). The van der Waals surface area contributed by atoms with Gasteiger partial charge in [-0.3, -0.25) is 0 Å². The summed E-state index contributed by atoms with van der Waals surface area (Å²) >= 11 is 1.92. The zero-order valence-electron chi connectivity index (χ0n) is 10.7. The van der Waals surface area contributed by atoms with Crippen molar-refractivity contribution in [2.75, 3.05) is 25.2 Å².